The Morgan fingerprint density at radius 1 is 1.00 bits per heavy atom. The van der Waals surface area contributed by atoms with E-state index in [2.05, 4.69) is 25.3 Å². The van der Waals surface area contributed by atoms with Crippen molar-refractivity contribution in [1.82, 2.24) is 19.9 Å². The third-order valence-corrected chi connectivity index (χ3v) is 7.78. The molecule has 4 aromatic rings. The van der Waals surface area contributed by atoms with Gasteiger partial charge in [-0.25, -0.2) is 18.7 Å². The van der Waals surface area contributed by atoms with E-state index >= 15 is 0 Å². The summed E-state index contributed by atoms with van der Waals surface area (Å²) in [6, 6.07) is 7.28. The largest absolute Gasteiger partial charge is 0.573 e. The molecule has 2 atom stereocenters. The minimum atomic E-state index is -4.76. The van der Waals surface area contributed by atoms with Gasteiger partial charge in [0.2, 0.25) is 12.4 Å². The first-order chi connectivity index (χ1) is 18.9. The van der Waals surface area contributed by atoms with Gasteiger partial charge < -0.3 is 15.4 Å². The van der Waals surface area contributed by atoms with Crippen molar-refractivity contribution in [2.75, 3.05) is 10.6 Å². The Bertz CT molecular complexity index is 1510. The van der Waals surface area contributed by atoms with Crippen molar-refractivity contribution >= 4 is 33.3 Å². The fraction of sp³-hybridized carbons (Fsp3) is 0.407. The molecule has 13 heteroatoms. The molecular weight excluding hydrogens is 551 g/mol. The van der Waals surface area contributed by atoms with Crippen molar-refractivity contribution in [3.8, 4) is 16.3 Å². The summed E-state index contributed by atoms with van der Waals surface area (Å²) in [5.74, 6) is -0.193. The molecule has 0 amide bonds. The zero-order valence-corrected chi connectivity index (χ0v) is 22.8. The van der Waals surface area contributed by atoms with Crippen molar-refractivity contribution in [3.63, 3.8) is 0 Å². The van der Waals surface area contributed by atoms with E-state index in [4.69, 9.17) is 9.97 Å². The van der Waals surface area contributed by atoms with Crippen molar-refractivity contribution in [2.24, 2.45) is 5.92 Å². The van der Waals surface area contributed by atoms with E-state index in [1.54, 1.807) is 0 Å². The van der Waals surface area contributed by atoms with Gasteiger partial charge in [-0.2, -0.15) is 4.98 Å². The highest BCUT2D eigenvalue weighted by molar-refractivity contribution is 7.21. The minimum Gasteiger partial charge on any atom is -0.406 e. The van der Waals surface area contributed by atoms with Crippen LogP contribution in [0.25, 0.3) is 20.8 Å². The highest BCUT2D eigenvalue weighted by Crippen LogP contribution is 2.39. The zero-order chi connectivity index (χ0) is 28.6. The Balaban J connectivity index is 1.43. The molecule has 0 bridgehead atoms. The first kappa shape index (κ1) is 27.9. The third-order valence-electron chi connectivity index (χ3n) is 6.76. The SMILES string of the molecule is Cc1cc2sc(-c3c(C)nc(NCc4ccc(OC(F)(F)F)cc4)nc3NC3CCC(C(F)F)C3)nc2c(C)n1. The molecule has 3 aromatic heterocycles. The second kappa shape index (κ2) is 11.1. The summed E-state index contributed by atoms with van der Waals surface area (Å²) >= 11 is 1.49. The summed E-state index contributed by atoms with van der Waals surface area (Å²) < 4.78 is 68.9. The van der Waals surface area contributed by atoms with Gasteiger partial charge in [-0.05, 0) is 63.8 Å². The monoisotopic (exact) mass is 578 g/mol. The number of aryl methyl sites for hydroxylation is 3. The summed E-state index contributed by atoms with van der Waals surface area (Å²) in [4.78, 5) is 18.6. The number of nitrogens with zero attached hydrogens (tertiary/aromatic N) is 4. The van der Waals surface area contributed by atoms with Gasteiger partial charge in [0.1, 0.15) is 22.1 Å². The molecule has 1 saturated carbocycles. The van der Waals surface area contributed by atoms with Crippen LogP contribution in [0.5, 0.6) is 5.75 Å². The molecule has 2 unspecified atom stereocenters. The van der Waals surface area contributed by atoms with Crippen molar-refractivity contribution in [2.45, 2.75) is 65.4 Å². The van der Waals surface area contributed by atoms with E-state index < -0.39 is 18.7 Å². The molecule has 0 spiro atoms. The number of pyridine rings is 1. The molecule has 1 fully saturated rings. The normalized spacial score (nSPS) is 17.5. The number of ether oxygens (including phenoxy) is 1. The number of rotatable bonds is 8. The molecular formula is C27H27F5N6OS. The lowest BCUT2D eigenvalue weighted by Crippen LogP contribution is -2.20. The predicted molar refractivity (Wildman–Crippen MR) is 144 cm³/mol. The van der Waals surface area contributed by atoms with E-state index in [1.165, 1.54) is 35.6 Å². The number of benzene rings is 1. The number of halogens is 5. The molecule has 2 N–H and O–H groups in total. The number of hydrogen-bond acceptors (Lipinski definition) is 8. The van der Waals surface area contributed by atoms with Crippen molar-refractivity contribution in [1.29, 1.82) is 0 Å². The second-order valence-electron chi connectivity index (χ2n) is 9.87. The van der Waals surface area contributed by atoms with Crippen LogP contribution in [-0.4, -0.2) is 38.8 Å². The smallest absolute Gasteiger partial charge is 0.406 e. The topological polar surface area (TPSA) is 84.9 Å². The first-order valence-corrected chi connectivity index (χ1v) is 13.5. The molecule has 5 rings (SSSR count). The number of alkyl halides is 5. The predicted octanol–water partition coefficient (Wildman–Crippen LogP) is 7.43. The quantitative estimate of drug-likeness (QED) is 0.210. The third kappa shape index (κ3) is 6.40. The lowest BCUT2D eigenvalue weighted by molar-refractivity contribution is -0.274. The van der Waals surface area contributed by atoms with Gasteiger partial charge in [-0.3, -0.25) is 4.98 Å². The number of thiazole rings is 1. The average molecular weight is 579 g/mol. The second-order valence-corrected chi connectivity index (χ2v) is 10.9. The van der Waals surface area contributed by atoms with Crippen molar-refractivity contribution in [3.05, 3.63) is 53.0 Å². The standard InChI is InChI=1S/C27H27F5N6OS/c1-13-10-20-22(15(3)34-13)37-25(40-20)21-14(2)35-26(38-24(21)36-18-7-6-17(11-18)23(28)29)33-12-16-4-8-19(9-5-16)39-27(30,31)32/h4-5,8-10,17-18,23H,6-7,11-12H2,1-3H3,(H2,33,35,36,38). The maximum absolute atomic E-state index is 13.3. The molecule has 0 aliphatic heterocycles. The van der Waals surface area contributed by atoms with Crippen LogP contribution in [-0.2, 0) is 6.54 Å². The summed E-state index contributed by atoms with van der Waals surface area (Å²) in [6.07, 6.45) is -5.78. The molecule has 1 aliphatic carbocycles. The molecule has 0 radical (unpaired) electrons. The summed E-state index contributed by atoms with van der Waals surface area (Å²) in [6.45, 7) is 5.89. The van der Waals surface area contributed by atoms with Gasteiger partial charge in [-0.1, -0.05) is 12.1 Å². The van der Waals surface area contributed by atoms with Gasteiger partial charge in [0.05, 0.1) is 21.7 Å². The molecule has 0 saturated heterocycles. The number of anilines is 2. The van der Waals surface area contributed by atoms with Crippen LogP contribution >= 0.6 is 11.3 Å². The Hall–Kier alpha value is -3.61. The van der Waals surface area contributed by atoms with Gasteiger partial charge in [0.15, 0.2) is 0 Å². The van der Waals surface area contributed by atoms with Crippen LogP contribution in [0.2, 0.25) is 0 Å². The number of aromatic nitrogens is 4. The van der Waals surface area contributed by atoms with E-state index in [0.717, 1.165) is 21.6 Å². The number of hydrogen-bond donors (Lipinski definition) is 2. The lowest BCUT2D eigenvalue weighted by atomic mass is 10.1. The average Bonchev–Trinajstić information content (AvgIpc) is 3.50. The molecule has 3 heterocycles. The minimum absolute atomic E-state index is 0.180. The van der Waals surface area contributed by atoms with Crippen LogP contribution < -0.4 is 15.4 Å². The van der Waals surface area contributed by atoms with E-state index in [0.29, 0.717) is 46.9 Å². The van der Waals surface area contributed by atoms with Crippen LogP contribution in [0.4, 0.5) is 33.7 Å². The van der Waals surface area contributed by atoms with E-state index in [9.17, 15) is 22.0 Å². The summed E-state index contributed by atoms with van der Waals surface area (Å²) in [5, 5.41) is 7.18. The maximum atomic E-state index is 13.3. The van der Waals surface area contributed by atoms with Crippen LogP contribution in [0.1, 0.15) is 41.9 Å². The van der Waals surface area contributed by atoms with Crippen LogP contribution in [0.15, 0.2) is 30.3 Å². The van der Waals surface area contributed by atoms with E-state index in [-0.39, 0.29) is 24.3 Å². The zero-order valence-electron chi connectivity index (χ0n) is 21.9. The Labute approximate surface area is 231 Å². The summed E-state index contributed by atoms with van der Waals surface area (Å²) in [7, 11) is 0. The highest BCUT2D eigenvalue weighted by Gasteiger charge is 2.32. The Morgan fingerprint density at radius 3 is 2.42 bits per heavy atom. The molecule has 7 nitrogen and oxygen atoms in total. The molecule has 40 heavy (non-hydrogen) atoms. The fourth-order valence-electron chi connectivity index (χ4n) is 4.91. The first-order valence-electron chi connectivity index (χ1n) is 12.7. The van der Waals surface area contributed by atoms with Crippen LogP contribution in [0.3, 0.4) is 0 Å². The van der Waals surface area contributed by atoms with Crippen LogP contribution in [0, 0.1) is 26.7 Å². The van der Waals surface area contributed by atoms with Gasteiger partial charge in [-0.15, -0.1) is 24.5 Å². The highest BCUT2D eigenvalue weighted by atomic mass is 32.1. The molecule has 212 valence electrons. The van der Waals surface area contributed by atoms with Gasteiger partial charge in [0.25, 0.3) is 0 Å². The van der Waals surface area contributed by atoms with Gasteiger partial charge in [0, 0.05) is 24.2 Å². The van der Waals surface area contributed by atoms with E-state index in [1.807, 2.05) is 26.8 Å². The fourth-order valence-corrected chi connectivity index (χ4v) is 6.12. The maximum Gasteiger partial charge on any atom is 0.573 e. The number of fused-ring (bicyclic) bond motifs is 1. The summed E-state index contributed by atoms with van der Waals surface area (Å²) in [5.41, 5.74) is 4.50. The molecule has 1 aliphatic rings. The Kier molecular flexibility index (Phi) is 7.76. The van der Waals surface area contributed by atoms with Gasteiger partial charge >= 0.3 is 6.36 Å². The lowest BCUT2D eigenvalue weighted by Gasteiger charge is -2.18. The number of nitrogens with one attached hydrogen (secondary N) is 2. The molecule has 1 aromatic carbocycles. The van der Waals surface area contributed by atoms with Crippen molar-refractivity contribution < 1.29 is 26.7 Å². The Morgan fingerprint density at radius 2 is 1.75 bits per heavy atom.